The first-order valence-electron chi connectivity index (χ1n) is 12.0. The third-order valence-corrected chi connectivity index (χ3v) is 8.79. The summed E-state index contributed by atoms with van der Waals surface area (Å²) >= 11 is 0. The fourth-order valence-electron chi connectivity index (χ4n) is 7.35. The maximum atomic E-state index is 6.29. The smallest absolute Gasteiger partial charge is 0.136 e. The molecular weight excluding hydrogens is 378 g/mol. The SMILES string of the molecule is CCC1(c2cccc3c2c2cc4oc5ccccc5c4cc2n3C)CC2CCC(C2)C1. The monoisotopic (exact) mass is 407 g/mol. The molecule has 7 rings (SSSR count). The zero-order valence-electron chi connectivity index (χ0n) is 18.4. The highest BCUT2D eigenvalue weighted by molar-refractivity contribution is 6.17. The van der Waals surface area contributed by atoms with Gasteiger partial charge in [-0.3, -0.25) is 0 Å². The van der Waals surface area contributed by atoms with E-state index in [2.05, 4.69) is 73.1 Å². The number of benzene rings is 3. The minimum atomic E-state index is 0.320. The molecule has 0 spiro atoms. The van der Waals surface area contributed by atoms with Gasteiger partial charge in [-0.15, -0.1) is 0 Å². The number of nitrogens with zero attached hydrogens (tertiary/aromatic N) is 1. The molecule has 0 saturated heterocycles. The van der Waals surface area contributed by atoms with E-state index in [9.17, 15) is 0 Å². The second-order valence-electron chi connectivity index (χ2n) is 10.3. The molecule has 2 aliphatic rings. The molecule has 156 valence electrons. The summed E-state index contributed by atoms with van der Waals surface area (Å²) in [5.74, 6) is 1.84. The van der Waals surface area contributed by atoms with E-state index in [1.165, 1.54) is 71.1 Å². The predicted octanol–water partition coefficient (Wildman–Crippen LogP) is 8.09. The van der Waals surface area contributed by atoms with Crippen molar-refractivity contribution < 1.29 is 4.42 Å². The zero-order valence-corrected chi connectivity index (χ0v) is 18.4. The molecule has 2 atom stereocenters. The molecule has 5 aromatic rings. The molecule has 2 unspecified atom stereocenters. The van der Waals surface area contributed by atoms with Gasteiger partial charge < -0.3 is 8.98 Å². The molecule has 2 heteroatoms. The highest BCUT2D eigenvalue weighted by atomic mass is 16.3. The van der Waals surface area contributed by atoms with E-state index < -0.39 is 0 Å². The maximum Gasteiger partial charge on any atom is 0.136 e. The van der Waals surface area contributed by atoms with Gasteiger partial charge in [0.1, 0.15) is 11.2 Å². The van der Waals surface area contributed by atoms with Gasteiger partial charge >= 0.3 is 0 Å². The third-order valence-electron chi connectivity index (χ3n) is 8.79. The Morgan fingerprint density at radius 2 is 1.68 bits per heavy atom. The molecule has 2 saturated carbocycles. The van der Waals surface area contributed by atoms with Crippen LogP contribution in [0.1, 0.15) is 51.0 Å². The normalized spacial score (nSPS) is 26.0. The second-order valence-corrected chi connectivity index (χ2v) is 10.3. The van der Waals surface area contributed by atoms with Crippen molar-refractivity contribution in [1.82, 2.24) is 4.57 Å². The molecule has 0 radical (unpaired) electrons. The topological polar surface area (TPSA) is 18.1 Å². The summed E-state index contributed by atoms with van der Waals surface area (Å²) in [6.45, 7) is 2.42. The van der Waals surface area contributed by atoms with Crippen LogP contribution >= 0.6 is 0 Å². The van der Waals surface area contributed by atoms with Gasteiger partial charge in [-0.2, -0.15) is 0 Å². The standard InChI is InChI=1S/C29H29NO/c1-3-29(16-18-11-12-19(13-18)17-29)23-8-6-9-24-28(23)22-15-27-21(14-25(22)30(24)2)20-7-4-5-10-26(20)31-27/h4-10,14-15,18-19H,3,11-13,16-17H2,1-2H3. The van der Waals surface area contributed by atoms with E-state index in [0.29, 0.717) is 5.41 Å². The summed E-state index contributed by atoms with van der Waals surface area (Å²) < 4.78 is 8.69. The molecule has 3 aromatic carbocycles. The van der Waals surface area contributed by atoms with Gasteiger partial charge in [0.15, 0.2) is 0 Å². The highest BCUT2D eigenvalue weighted by Gasteiger charge is 2.44. The molecule has 31 heavy (non-hydrogen) atoms. The summed E-state index contributed by atoms with van der Waals surface area (Å²) in [4.78, 5) is 0. The number of para-hydroxylation sites is 1. The van der Waals surface area contributed by atoms with Crippen LogP contribution < -0.4 is 0 Å². The van der Waals surface area contributed by atoms with Crippen LogP contribution in [0.4, 0.5) is 0 Å². The van der Waals surface area contributed by atoms with Gasteiger partial charge in [0.25, 0.3) is 0 Å². The van der Waals surface area contributed by atoms with Crippen molar-refractivity contribution in [3.05, 3.63) is 60.2 Å². The molecule has 0 N–H and O–H groups in total. The zero-order chi connectivity index (χ0) is 20.7. The van der Waals surface area contributed by atoms with E-state index in [0.717, 1.165) is 23.0 Å². The van der Waals surface area contributed by atoms with E-state index >= 15 is 0 Å². The average molecular weight is 408 g/mol. The van der Waals surface area contributed by atoms with Crippen molar-refractivity contribution in [2.45, 2.75) is 50.9 Å². The summed E-state index contributed by atoms with van der Waals surface area (Å²) in [5.41, 5.74) is 6.56. The lowest BCUT2D eigenvalue weighted by molar-refractivity contribution is 0.208. The average Bonchev–Trinajstić information content (AvgIpc) is 3.43. The molecule has 2 aromatic heterocycles. The van der Waals surface area contributed by atoms with Crippen LogP contribution in [0.2, 0.25) is 0 Å². The van der Waals surface area contributed by atoms with Crippen LogP contribution in [-0.4, -0.2) is 4.57 Å². The number of hydrogen-bond acceptors (Lipinski definition) is 1. The van der Waals surface area contributed by atoms with E-state index in [1.54, 1.807) is 5.56 Å². The molecule has 2 heterocycles. The Balaban J connectivity index is 1.57. The Morgan fingerprint density at radius 1 is 0.871 bits per heavy atom. The Morgan fingerprint density at radius 3 is 2.48 bits per heavy atom. The lowest BCUT2D eigenvalue weighted by Crippen LogP contribution is -2.33. The minimum Gasteiger partial charge on any atom is -0.456 e. The van der Waals surface area contributed by atoms with Gasteiger partial charge in [-0.25, -0.2) is 0 Å². The summed E-state index contributed by atoms with van der Waals surface area (Å²) in [7, 11) is 2.23. The minimum absolute atomic E-state index is 0.320. The molecule has 2 bridgehead atoms. The number of fused-ring (bicyclic) bond motifs is 8. The van der Waals surface area contributed by atoms with Crippen molar-refractivity contribution in [3.63, 3.8) is 0 Å². The number of rotatable bonds is 2. The molecule has 2 fully saturated rings. The van der Waals surface area contributed by atoms with E-state index in [4.69, 9.17) is 4.42 Å². The third kappa shape index (κ3) is 2.34. The Hall–Kier alpha value is -2.74. The van der Waals surface area contributed by atoms with Crippen molar-refractivity contribution in [2.24, 2.45) is 18.9 Å². The molecule has 2 aliphatic carbocycles. The van der Waals surface area contributed by atoms with Crippen LogP contribution in [0.5, 0.6) is 0 Å². The number of furan rings is 1. The number of aryl methyl sites for hydroxylation is 1. The van der Waals surface area contributed by atoms with Gasteiger partial charge in [0.2, 0.25) is 0 Å². The first-order valence-corrected chi connectivity index (χ1v) is 12.0. The molecular formula is C29H29NO. The Labute approximate surface area is 182 Å². The van der Waals surface area contributed by atoms with Crippen LogP contribution in [0, 0.1) is 11.8 Å². The maximum absolute atomic E-state index is 6.29. The van der Waals surface area contributed by atoms with Crippen molar-refractivity contribution in [1.29, 1.82) is 0 Å². The highest BCUT2D eigenvalue weighted by Crippen LogP contribution is 2.55. The number of aromatic nitrogens is 1. The largest absolute Gasteiger partial charge is 0.456 e. The van der Waals surface area contributed by atoms with Crippen LogP contribution in [0.25, 0.3) is 43.7 Å². The molecule has 2 nitrogen and oxygen atoms in total. The molecule has 0 amide bonds. The Kier molecular flexibility index (Phi) is 3.55. The van der Waals surface area contributed by atoms with Crippen molar-refractivity contribution in [2.75, 3.05) is 0 Å². The van der Waals surface area contributed by atoms with Gasteiger partial charge in [0, 0.05) is 39.6 Å². The fourth-order valence-corrected chi connectivity index (χ4v) is 7.35. The van der Waals surface area contributed by atoms with E-state index in [-0.39, 0.29) is 0 Å². The first-order chi connectivity index (χ1) is 15.2. The van der Waals surface area contributed by atoms with Crippen molar-refractivity contribution >= 4 is 43.7 Å². The quantitative estimate of drug-likeness (QED) is 0.289. The summed E-state index contributed by atoms with van der Waals surface area (Å²) in [5, 5.41) is 5.24. The lowest BCUT2D eigenvalue weighted by Gasteiger charge is -2.41. The predicted molar refractivity (Wildman–Crippen MR) is 130 cm³/mol. The summed E-state index contributed by atoms with van der Waals surface area (Å²) in [6.07, 6.45) is 8.31. The van der Waals surface area contributed by atoms with Crippen LogP contribution in [0.15, 0.2) is 59.0 Å². The molecule has 0 aliphatic heterocycles. The first kappa shape index (κ1) is 17.9. The summed E-state index contributed by atoms with van der Waals surface area (Å²) in [6, 6.07) is 20.1. The van der Waals surface area contributed by atoms with Crippen LogP contribution in [0.3, 0.4) is 0 Å². The van der Waals surface area contributed by atoms with Crippen molar-refractivity contribution in [3.8, 4) is 0 Å². The van der Waals surface area contributed by atoms with Gasteiger partial charge in [-0.1, -0.05) is 50.1 Å². The number of hydrogen-bond donors (Lipinski definition) is 0. The van der Waals surface area contributed by atoms with Crippen LogP contribution in [-0.2, 0) is 12.5 Å². The second kappa shape index (κ2) is 6.16. The van der Waals surface area contributed by atoms with E-state index in [1.807, 2.05) is 0 Å². The van der Waals surface area contributed by atoms with Gasteiger partial charge in [0.05, 0.1) is 0 Å². The van der Waals surface area contributed by atoms with Gasteiger partial charge in [-0.05, 0) is 72.8 Å². The Bertz CT molecular complexity index is 1470. The fraction of sp³-hybridized carbons (Fsp3) is 0.379. The lowest BCUT2D eigenvalue weighted by atomic mass is 9.63.